The fraction of sp³-hybridized carbons (Fsp3) is 0.273. The number of nitrogens with two attached hydrogens (primary N) is 1. The molecule has 0 unspecified atom stereocenters. The zero-order chi connectivity index (χ0) is 11.9. The fourth-order valence-corrected chi connectivity index (χ4v) is 1.69. The molecule has 0 radical (unpaired) electrons. The van der Waals surface area contributed by atoms with Gasteiger partial charge in [0.1, 0.15) is 17.2 Å². The molecule has 5 heteroatoms. The predicted octanol–water partition coefficient (Wildman–Crippen LogP) is 1.70. The summed E-state index contributed by atoms with van der Waals surface area (Å²) in [5.41, 5.74) is 6.70. The van der Waals surface area contributed by atoms with Crippen molar-refractivity contribution >= 4 is 11.6 Å². The van der Waals surface area contributed by atoms with Gasteiger partial charge in [0.15, 0.2) is 0 Å². The number of rotatable bonds is 2. The summed E-state index contributed by atoms with van der Waals surface area (Å²) in [6.07, 6.45) is 2.58. The minimum atomic E-state index is -0.618. The first-order valence-corrected chi connectivity index (χ1v) is 4.97. The Balaban J connectivity index is 2.80. The number of amides is 1. The highest BCUT2D eigenvalue weighted by Gasteiger charge is 2.14. The zero-order valence-corrected chi connectivity index (χ0v) is 9.07. The van der Waals surface area contributed by atoms with E-state index >= 15 is 0 Å². The Kier molecular flexibility index (Phi) is 2.38. The highest BCUT2D eigenvalue weighted by atomic mass is 19.1. The highest BCUT2D eigenvalue weighted by Crippen LogP contribution is 2.21. The van der Waals surface area contributed by atoms with Gasteiger partial charge in [-0.25, -0.2) is 9.37 Å². The van der Waals surface area contributed by atoms with Crippen molar-refractivity contribution in [3.8, 4) is 0 Å². The van der Waals surface area contributed by atoms with E-state index in [1.807, 2.05) is 13.8 Å². The Hall–Kier alpha value is -1.91. The molecular formula is C11H12FN3O. The number of fused-ring (bicyclic) bond motifs is 1. The molecule has 0 aliphatic carbocycles. The number of hydrogen-bond donors (Lipinski definition) is 1. The molecule has 0 aromatic carbocycles. The molecule has 2 heterocycles. The maximum atomic E-state index is 13.4. The van der Waals surface area contributed by atoms with Crippen LogP contribution in [0.15, 0.2) is 18.5 Å². The van der Waals surface area contributed by atoms with Crippen LogP contribution in [0.3, 0.4) is 0 Å². The number of hydrogen-bond acceptors (Lipinski definition) is 2. The first-order valence-electron chi connectivity index (χ1n) is 4.97. The summed E-state index contributed by atoms with van der Waals surface area (Å²) in [7, 11) is 0. The average molecular weight is 221 g/mol. The molecular weight excluding hydrogens is 209 g/mol. The topological polar surface area (TPSA) is 60.4 Å². The third-order valence-electron chi connectivity index (χ3n) is 2.48. The first-order chi connectivity index (χ1) is 7.50. The molecule has 0 bridgehead atoms. The molecule has 84 valence electrons. The van der Waals surface area contributed by atoms with Gasteiger partial charge >= 0.3 is 0 Å². The molecule has 0 spiro atoms. The number of primary amides is 1. The van der Waals surface area contributed by atoms with Crippen molar-refractivity contribution in [2.75, 3.05) is 0 Å². The number of carbonyl (C=O) groups excluding carboxylic acids is 1. The van der Waals surface area contributed by atoms with E-state index in [4.69, 9.17) is 5.73 Å². The van der Waals surface area contributed by atoms with Gasteiger partial charge in [-0.15, -0.1) is 0 Å². The number of aromatic nitrogens is 2. The number of carbonyl (C=O) groups is 1. The molecule has 0 saturated heterocycles. The molecule has 0 saturated carbocycles. The van der Waals surface area contributed by atoms with Gasteiger partial charge in [0, 0.05) is 11.8 Å². The molecule has 0 aliphatic heterocycles. The van der Waals surface area contributed by atoms with Crippen LogP contribution < -0.4 is 5.73 Å². The maximum Gasteiger partial charge on any atom is 0.267 e. The summed E-state index contributed by atoms with van der Waals surface area (Å²) in [4.78, 5) is 15.2. The van der Waals surface area contributed by atoms with Crippen LogP contribution >= 0.6 is 0 Å². The van der Waals surface area contributed by atoms with Gasteiger partial charge in [-0.2, -0.15) is 0 Å². The molecule has 1 amide bonds. The second-order valence-electron chi connectivity index (χ2n) is 3.97. The molecule has 2 rings (SSSR count). The van der Waals surface area contributed by atoms with Crippen LogP contribution in [-0.4, -0.2) is 15.3 Å². The van der Waals surface area contributed by atoms with E-state index in [0.717, 1.165) is 5.56 Å². The van der Waals surface area contributed by atoms with Crippen LogP contribution in [0.4, 0.5) is 4.39 Å². The number of pyridine rings is 1. The quantitative estimate of drug-likeness (QED) is 0.838. The Morgan fingerprint density at radius 3 is 2.81 bits per heavy atom. The van der Waals surface area contributed by atoms with E-state index in [1.165, 1.54) is 22.9 Å². The van der Waals surface area contributed by atoms with Gasteiger partial charge in [0.05, 0.1) is 6.20 Å². The highest BCUT2D eigenvalue weighted by molar-refractivity contribution is 5.91. The maximum absolute atomic E-state index is 13.4. The van der Waals surface area contributed by atoms with Gasteiger partial charge in [-0.05, 0) is 12.0 Å². The van der Waals surface area contributed by atoms with E-state index in [2.05, 4.69) is 4.98 Å². The summed E-state index contributed by atoms with van der Waals surface area (Å²) in [6.45, 7) is 3.88. The van der Waals surface area contributed by atoms with Gasteiger partial charge in [-0.3, -0.25) is 9.20 Å². The number of imidazole rings is 1. The van der Waals surface area contributed by atoms with Crippen LogP contribution in [0.1, 0.15) is 35.8 Å². The normalized spacial score (nSPS) is 11.2. The summed E-state index contributed by atoms with van der Waals surface area (Å²) in [5.74, 6) is -0.897. The average Bonchev–Trinajstić information content (AvgIpc) is 2.59. The van der Waals surface area contributed by atoms with E-state index in [-0.39, 0.29) is 11.6 Å². The van der Waals surface area contributed by atoms with Crippen molar-refractivity contribution in [3.63, 3.8) is 0 Å². The molecule has 2 aromatic heterocycles. The Morgan fingerprint density at radius 2 is 2.25 bits per heavy atom. The van der Waals surface area contributed by atoms with E-state index in [1.54, 1.807) is 0 Å². The Bertz CT molecular complexity index is 560. The lowest BCUT2D eigenvalue weighted by atomic mass is 10.1. The van der Waals surface area contributed by atoms with Crippen LogP contribution in [-0.2, 0) is 0 Å². The van der Waals surface area contributed by atoms with Crippen molar-refractivity contribution in [3.05, 3.63) is 35.5 Å². The summed E-state index contributed by atoms with van der Waals surface area (Å²) >= 11 is 0. The van der Waals surface area contributed by atoms with Gasteiger partial charge in [0.25, 0.3) is 5.91 Å². The van der Waals surface area contributed by atoms with Crippen LogP contribution in [0.25, 0.3) is 5.65 Å². The number of halogens is 1. The lowest BCUT2D eigenvalue weighted by Gasteiger charge is -2.08. The summed E-state index contributed by atoms with van der Waals surface area (Å²) in [5, 5.41) is 0. The Morgan fingerprint density at radius 1 is 1.56 bits per heavy atom. The summed E-state index contributed by atoms with van der Waals surface area (Å²) < 4.78 is 14.8. The minimum absolute atomic E-state index is 0.126. The van der Waals surface area contributed by atoms with Crippen molar-refractivity contribution in [1.82, 2.24) is 9.38 Å². The van der Waals surface area contributed by atoms with E-state index in [0.29, 0.717) is 5.65 Å². The van der Waals surface area contributed by atoms with Crippen LogP contribution in [0, 0.1) is 5.82 Å². The summed E-state index contributed by atoms with van der Waals surface area (Å²) in [6, 6.07) is 1.43. The molecule has 0 atom stereocenters. The second-order valence-corrected chi connectivity index (χ2v) is 3.97. The molecule has 16 heavy (non-hydrogen) atoms. The van der Waals surface area contributed by atoms with Crippen LogP contribution in [0.2, 0.25) is 0 Å². The molecule has 2 N–H and O–H groups in total. The van der Waals surface area contributed by atoms with E-state index in [9.17, 15) is 9.18 Å². The van der Waals surface area contributed by atoms with Gasteiger partial charge < -0.3 is 5.73 Å². The monoisotopic (exact) mass is 221 g/mol. The third-order valence-corrected chi connectivity index (χ3v) is 2.48. The second kappa shape index (κ2) is 3.59. The SMILES string of the molecule is CC(C)c1cc(F)cn2c(C(N)=O)cnc12. The lowest BCUT2D eigenvalue weighted by molar-refractivity contribution is 0.0994. The predicted molar refractivity (Wildman–Crippen MR) is 57.8 cm³/mol. The number of nitrogens with zero attached hydrogens (tertiary/aromatic N) is 2. The molecule has 0 fully saturated rings. The lowest BCUT2D eigenvalue weighted by Crippen LogP contribution is -2.14. The van der Waals surface area contributed by atoms with E-state index < -0.39 is 11.7 Å². The minimum Gasteiger partial charge on any atom is -0.364 e. The van der Waals surface area contributed by atoms with Gasteiger partial charge in [0.2, 0.25) is 0 Å². The molecule has 0 aliphatic rings. The van der Waals surface area contributed by atoms with Crippen molar-refractivity contribution in [1.29, 1.82) is 0 Å². The van der Waals surface area contributed by atoms with Crippen molar-refractivity contribution < 1.29 is 9.18 Å². The van der Waals surface area contributed by atoms with Crippen molar-refractivity contribution in [2.24, 2.45) is 5.73 Å². The standard InChI is InChI=1S/C11H12FN3O/c1-6(2)8-3-7(12)5-15-9(10(13)16)4-14-11(8)15/h3-6H,1-2H3,(H2,13,16). The third kappa shape index (κ3) is 1.54. The van der Waals surface area contributed by atoms with Crippen molar-refractivity contribution in [2.45, 2.75) is 19.8 Å². The largest absolute Gasteiger partial charge is 0.364 e. The molecule has 2 aromatic rings. The zero-order valence-electron chi connectivity index (χ0n) is 9.07. The van der Waals surface area contributed by atoms with Gasteiger partial charge in [-0.1, -0.05) is 13.8 Å². The Labute approximate surface area is 91.9 Å². The van der Waals surface area contributed by atoms with Crippen LogP contribution in [0.5, 0.6) is 0 Å². The smallest absolute Gasteiger partial charge is 0.267 e. The fourth-order valence-electron chi connectivity index (χ4n) is 1.69. The first kappa shape index (κ1) is 10.6. The molecule has 4 nitrogen and oxygen atoms in total.